The third kappa shape index (κ3) is 10.3. The van der Waals surface area contributed by atoms with Gasteiger partial charge in [-0.15, -0.1) is 24.0 Å². The van der Waals surface area contributed by atoms with Crippen LogP contribution in [0.2, 0.25) is 0 Å². The van der Waals surface area contributed by atoms with E-state index in [9.17, 15) is 0 Å². The number of methoxy groups -OCH3 is 1. The van der Waals surface area contributed by atoms with Crippen molar-refractivity contribution >= 4 is 29.9 Å². The number of hydrogen-bond acceptors (Lipinski definition) is 4. The topological polar surface area (TPSA) is 58.1 Å². The van der Waals surface area contributed by atoms with Crippen LogP contribution >= 0.6 is 24.0 Å². The maximum atomic E-state index is 5.48. The largest absolute Gasteiger partial charge is 0.382 e. The van der Waals surface area contributed by atoms with Gasteiger partial charge in [0.05, 0.1) is 13.2 Å². The number of hydrogen-bond donors (Lipinski definition) is 2. The molecule has 0 spiro atoms. The molecule has 0 aliphatic carbocycles. The number of nitrogens with one attached hydrogen (secondary N) is 2. The summed E-state index contributed by atoms with van der Waals surface area (Å²) < 4.78 is 10.4. The Kier molecular flexibility index (Phi) is 16.9. The molecule has 0 aromatic rings. The number of halogens is 1. The number of likely N-dealkylation sites (tertiary alicyclic amines) is 1. The minimum Gasteiger partial charge on any atom is -0.382 e. The van der Waals surface area contributed by atoms with Crippen molar-refractivity contribution in [2.24, 2.45) is 10.9 Å². The number of ether oxygens (including phenoxy) is 2. The van der Waals surface area contributed by atoms with E-state index in [2.05, 4.69) is 34.4 Å². The molecule has 1 heterocycles. The van der Waals surface area contributed by atoms with Crippen LogP contribution in [-0.4, -0.2) is 77.1 Å². The first-order valence-corrected chi connectivity index (χ1v) is 10.0. The number of aliphatic imine (C=N–C) groups is 1. The van der Waals surface area contributed by atoms with Crippen molar-refractivity contribution in [1.29, 1.82) is 0 Å². The Morgan fingerprint density at radius 1 is 1.08 bits per heavy atom. The van der Waals surface area contributed by atoms with Gasteiger partial charge in [-0.1, -0.05) is 26.7 Å². The Bertz CT molecular complexity index is 346. The van der Waals surface area contributed by atoms with Crippen LogP contribution in [0, 0.1) is 5.92 Å². The third-order valence-corrected chi connectivity index (χ3v) is 5.09. The number of nitrogens with zero attached hydrogens (tertiary/aromatic N) is 2. The molecular weight excluding hydrogens is 443 g/mol. The standard InChI is InChI=1S/C19H40N4O2.HI/c1-5-17(6-2)18(23-11-7-8-12-23)16-22-19(20-3)21-10-9-13-25-15-14-24-4;/h17-18H,5-16H2,1-4H3,(H2,20,21,22);1H. The summed E-state index contributed by atoms with van der Waals surface area (Å²) in [6, 6.07) is 0.605. The van der Waals surface area contributed by atoms with E-state index >= 15 is 0 Å². The van der Waals surface area contributed by atoms with Crippen molar-refractivity contribution in [3.63, 3.8) is 0 Å². The van der Waals surface area contributed by atoms with Crippen LogP contribution in [0.4, 0.5) is 0 Å². The Morgan fingerprint density at radius 3 is 2.35 bits per heavy atom. The Morgan fingerprint density at radius 2 is 1.77 bits per heavy atom. The molecule has 1 unspecified atom stereocenters. The molecule has 0 radical (unpaired) electrons. The molecule has 0 aromatic carbocycles. The van der Waals surface area contributed by atoms with Crippen molar-refractivity contribution in [3.8, 4) is 0 Å². The van der Waals surface area contributed by atoms with Gasteiger partial charge in [0.2, 0.25) is 0 Å². The maximum absolute atomic E-state index is 5.48. The summed E-state index contributed by atoms with van der Waals surface area (Å²) in [5.41, 5.74) is 0. The lowest BCUT2D eigenvalue weighted by molar-refractivity contribution is 0.0698. The van der Waals surface area contributed by atoms with Gasteiger partial charge in [0.25, 0.3) is 0 Å². The van der Waals surface area contributed by atoms with E-state index in [4.69, 9.17) is 9.47 Å². The lowest BCUT2D eigenvalue weighted by Gasteiger charge is -2.34. The van der Waals surface area contributed by atoms with Gasteiger partial charge >= 0.3 is 0 Å². The second kappa shape index (κ2) is 17.0. The minimum absolute atomic E-state index is 0. The second-order valence-electron chi connectivity index (χ2n) is 6.73. The molecule has 1 fully saturated rings. The van der Waals surface area contributed by atoms with Gasteiger partial charge in [-0.3, -0.25) is 9.89 Å². The molecule has 1 atom stereocenters. The van der Waals surface area contributed by atoms with Crippen molar-refractivity contribution in [3.05, 3.63) is 0 Å². The highest BCUT2D eigenvalue weighted by Gasteiger charge is 2.27. The molecule has 156 valence electrons. The maximum Gasteiger partial charge on any atom is 0.191 e. The third-order valence-electron chi connectivity index (χ3n) is 5.09. The molecule has 0 saturated carbocycles. The van der Waals surface area contributed by atoms with Crippen LogP contribution in [0.15, 0.2) is 4.99 Å². The molecular formula is C19H41IN4O2. The predicted molar refractivity (Wildman–Crippen MR) is 121 cm³/mol. The molecule has 1 saturated heterocycles. The van der Waals surface area contributed by atoms with E-state index in [-0.39, 0.29) is 24.0 Å². The highest BCUT2D eigenvalue weighted by Crippen LogP contribution is 2.22. The summed E-state index contributed by atoms with van der Waals surface area (Å²) in [5.74, 6) is 1.64. The van der Waals surface area contributed by atoms with E-state index in [1.165, 1.54) is 38.8 Å². The normalized spacial score (nSPS) is 16.6. The van der Waals surface area contributed by atoms with Gasteiger partial charge in [-0.05, 0) is 38.3 Å². The van der Waals surface area contributed by atoms with Gasteiger partial charge in [0, 0.05) is 39.9 Å². The average Bonchev–Trinajstić information content (AvgIpc) is 3.16. The zero-order valence-electron chi connectivity index (χ0n) is 17.3. The molecule has 0 aromatic heterocycles. The minimum atomic E-state index is 0. The fourth-order valence-corrected chi connectivity index (χ4v) is 3.55. The summed E-state index contributed by atoms with van der Waals surface area (Å²) in [7, 11) is 3.53. The van der Waals surface area contributed by atoms with E-state index in [0.717, 1.165) is 38.0 Å². The first-order chi connectivity index (χ1) is 12.3. The van der Waals surface area contributed by atoms with E-state index < -0.39 is 0 Å². The molecule has 6 nitrogen and oxygen atoms in total. The smallest absolute Gasteiger partial charge is 0.191 e. The van der Waals surface area contributed by atoms with Crippen molar-refractivity contribution < 1.29 is 9.47 Å². The molecule has 1 aliphatic rings. The lowest BCUT2D eigenvalue weighted by atomic mass is 9.93. The SMILES string of the molecule is CCC(CC)C(CNC(=NC)NCCCOCCOC)N1CCCC1.I. The quantitative estimate of drug-likeness (QED) is 0.182. The Hall–Kier alpha value is -0.120. The van der Waals surface area contributed by atoms with Crippen molar-refractivity contribution in [1.82, 2.24) is 15.5 Å². The van der Waals surface area contributed by atoms with Crippen LogP contribution in [0.1, 0.15) is 46.0 Å². The summed E-state index contributed by atoms with van der Waals surface area (Å²) in [5, 5.41) is 6.93. The fraction of sp³-hybridized carbons (Fsp3) is 0.947. The van der Waals surface area contributed by atoms with Gasteiger partial charge in [0.1, 0.15) is 0 Å². The van der Waals surface area contributed by atoms with Gasteiger partial charge in [0.15, 0.2) is 5.96 Å². The van der Waals surface area contributed by atoms with Crippen LogP contribution in [0.5, 0.6) is 0 Å². The summed E-state index contributed by atoms with van der Waals surface area (Å²) >= 11 is 0. The van der Waals surface area contributed by atoms with Crippen molar-refractivity contribution in [2.45, 2.75) is 52.0 Å². The molecule has 1 rings (SSSR count). The van der Waals surface area contributed by atoms with Gasteiger partial charge in [-0.2, -0.15) is 0 Å². The van der Waals surface area contributed by atoms with Gasteiger partial charge < -0.3 is 20.1 Å². The summed E-state index contributed by atoms with van der Waals surface area (Å²) in [6.07, 6.45) is 6.13. The second-order valence-corrected chi connectivity index (χ2v) is 6.73. The molecule has 26 heavy (non-hydrogen) atoms. The monoisotopic (exact) mass is 484 g/mol. The first-order valence-electron chi connectivity index (χ1n) is 10.0. The number of guanidine groups is 1. The van der Waals surface area contributed by atoms with Crippen molar-refractivity contribution in [2.75, 3.05) is 60.2 Å². The van der Waals surface area contributed by atoms with Crippen LogP contribution in [-0.2, 0) is 9.47 Å². The summed E-state index contributed by atoms with van der Waals surface area (Å²) in [4.78, 5) is 7.03. The first kappa shape index (κ1) is 25.9. The van der Waals surface area contributed by atoms with E-state index in [1.807, 2.05) is 7.05 Å². The molecule has 0 bridgehead atoms. The highest BCUT2D eigenvalue weighted by atomic mass is 127. The Balaban J connectivity index is 0.00000625. The highest BCUT2D eigenvalue weighted by molar-refractivity contribution is 14.0. The lowest BCUT2D eigenvalue weighted by Crippen LogP contribution is -2.49. The summed E-state index contributed by atoms with van der Waals surface area (Å²) in [6.45, 7) is 11.0. The fourth-order valence-electron chi connectivity index (χ4n) is 3.55. The zero-order valence-corrected chi connectivity index (χ0v) is 19.6. The molecule has 7 heteroatoms. The van der Waals surface area contributed by atoms with E-state index in [0.29, 0.717) is 19.3 Å². The Labute approximate surface area is 177 Å². The number of rotatable bonds is 13. The van der Waals surface area contributed by atoms with Crippen LogP contribution < -0.4 is 10.6 Å². The van der Waals surface area contributed by atoms with Crippen LogP contribution in [0.25, 0.3) is 0 Å². The van der Waals surface area contributed by atoms with Crippen LogP contribution in [0.3, 0.4) is 0 Å². The molecule has 2 N–H and O–H groups in total. The van der Waals surface area contributed by atoms with E-state index in [1.54, 1.807) is 7.11 Å². The molecule has 0 amide bonds. The molecule has 1 aliphatic heterocycles. The predicted octanol–water partition coefficient (Wildman–Crippen LogP) is 2.72. The zero-order chi connectivity index (χ0) is 18.3. The average molecular weight is 484 g/mol. The van der Waals surface area contributed by atoms with Gasteiger partial charge in [-0.25, -0.2) is 0 Å².